The molecule has 0 N–H and O–H groups in total. The molecule has 0 aromatic rings. The van der Waals surface area contributed by atoms with Crippen LogP contribution in [-0.4, -0.2) is 0 Å². The Bertz CT molecular complexity index is 118. The lowest BCUT2D eigenvalue weighted by molar-refractivity contribution is 0.185. The van der Waals surface area contributed by atoms with Crippen LogP contribution < -0.4 is 0 Å². The van der Waals surface area contributed by atoms with Crippen molar-refractivity contribution in [2.75, 3.05) is 0 Å². The fraction of sp³-hybridized carbons (Fsp3) is 1.00. The molecular formula is C13H26. The van der Waals surface area contributed by atoms with Gasteiger partial charge >= 0.3 is 0 Å². The van der Waals surface area contributed by atoms with E-state index in [1.54, 1.807) is 0 Å². The van der Waals surface area contributed by atoms with E-state index in [2.05, 4.69) is 20.8 Å². The highest BCUT2D eigenvalue weighted by Gasteiger charge is 2.24. The van der Waals surface area contributed by atoms with Crippen LogP contribution >= 0.6 is 0 Å². The highest BCUT2D eigenvalue weighted by atomic mass is 14.3. The van der Waals surface area contributed by atoms with Gasteiger partial charge in [-0.3, -0.25) is 0 Å². The molecule has 0 aliphatic heterocycles. The summed E-state index contributed by atoms with van der Waals surface area (Å²) in [5, 5.41) is 0. The van der Waals surface area contributed by atoms with Crippen LogP contribution in [0, 0.1) is 17.8 Å². The van der Waals surface area contributed by atoms with Crippen molar-refractivity contribution in [3.8, 4) is 0 Å². The molecule has 1 aliphatic carbocycles. The summed E-state index contributed by atoms with van der Waals surface area (Å²) in [6.45, 7) is 7.20. The molecule has 1 fully saturated rings. The first kappa shape index (κ1) is 11.1. The lowest BCUT2D eigenvalue weighted by Crippen LogP contribution is -2.22. The van der Waals surface area contributed by atoms with Crippen LogP contribution in [0.5, 0.6) is 0 Å². The quantitative estimate of drug-likeness (QED) is 0.594. The third-order valence-corrected chi connectivity index (χ3v) is 4.19. The number of hydrogen-bond acceptors (Lipinski definition) is 0. The maximum Gasteiger partial charge on any atom is -0.0386 e. The molecule has 1 aliphatic rings. The molecule has 1 atom stereocenters. The Morgan fingerprint density at radius 2 is 1.54 bits per heavy atom. The zero-order valence-electron chi connectivity index (χ0n) is 9.68. The summed E-state index contributed by atoms with van der Waals surface area (Å²) >= 11 is 0. The molecule has 0 heteroatoms. The molecule has 1 rings (SSSR count). The standard InChI is InChI=1S/C13H26/c1-4-12(5-2)11(3)13-9-7-6-8-10-13/h11-13H,4-10H2,1-3H3. The SMILES string of the molecule is CCC(CC)C(C)C1CCCCC1. The Balaban J connectivity index is 2.38. The molecule has 0 spiro atoms. The second-order valence-corrected chi connectivity index (χ2v) is 4.83. The molecule has 0 amide bonds. The van der Waals surface area contributed by atoms with Crippen molar-refractivity contribution in [2.45, 2.75) is 65.7 Å². The van der Waals surface area contributed by atoms with E-state index in [1.165, 1.54) is 44.9 Å². The van der Waals surface area contributed by atoms with Crippen molar-refractivity contribution in [1.82, 2.24) is 0 Å². The van der Waals surface area contributed by atoms with Gasteiger partial charge in [-0.1, -0.05) is 65.7 Å². The average molecular weight is 182 g/mol. The number of hydrogen-bond donors (Lipinski definition) is 0. The first-order valence-corrected chi connectivity index (χ1v) is 6.29. The minimum Gasteiger partial charge on any atom is -0.0651 e. The van der Waals surface area contributed by atoms with E-state index in [9.17, 15) is 0 Å². The molecule has 13 heavy (non-hydrogen) atoms. The molecule has 0 saturated heterocycles. The van der Waals surface area contributed by atoms with Gasteiger partial charge in [0.1, 0.15) is 0 Å². The summed E-state index contributed by atoms with van der Waals surface area (Å²) in [6.07, 6.45) is 10.3. The molecule has 1 unspecified atom stereocenters. The molecular weight excluding hydrogens is 156 g/mol. The fourth-order valence-corrected chi connectivity index (χ4v) is 3.08. The molecule has 0 aromatic carbocycles. The van der Waals surface area contributed by atoms with Crippen molar-refractivity contribution < 1.29 is 0 Å². The molecule has 0 bridgehead atoms. The van der Waals surface area contributed by atoms with Crippen molar-refractivity contribution in [3.63, 3.8) is 0 Å². The Labute approximate surface area is 84.1 Å². The van der Waals surface area contributed by atoms with Crippen LogP contribution in [0.15, 0.2) is 0 Å². The van der Waals surface area contributed by atoms with Crippen LogP contribution in [0.4, 0.5) is 0 Å². The van der Waals surface area contributed by atoms with Crippen LogP contribution in [-0.2, 0) is 0 Å². The summed E-state index contributed by atoms with van der Waals surface area (Å²) in [6, 6.07) is 0. The summed E-state index contributed by atoms with van der Waals surface area (Å²) in [5.41, 5.74) is 0. The minimum atomic E-state index is 0.982. The monoisotopic (exact) mass is 182 g/mol. The Hall–Kier alpha value is 0. The first-order valence-electron chi connectivity index (χ1n) is 6.29. The van der Waals surface area contributed by atoms with Gasteiger partial charge in [-0.25, -0.2) is 0 Å². The van der Waals surface area contributed by atoms with Crippen LogP contribution in [0.3, 0.4) is 0 Å². The fourth-order valence-electron chi connectivity index (χ4n) is 3.08. The maximum absolute atomic E-state index is 2.49. The summed E-state index contributed by atoms with van der Waals surface area (Å²) in [7, 11) is 0. The first-order chi connectivity index (χ1) is 6.29. The predicted octanol–water partition coefficient (Wildman–Crippen LogP) is 4.64. The zero-order chi connectivity index (χ0) is 9.68. The maximum atomic E-state index is 2.49. The van der Waals surface area contributed by atoms with Gasteiger partial charge in [0, 0.05) is 0 Å². The Morgan fingerprint density at radius 3 is 2.00 bits per heavy atom. The van der Waals surface area contributed by atoms with Gasteiger partial charge in [-0.15, -0.1) is 0 Å². The van der Waals surface area contributed by atoms with E-state index in [0.717, 1.165) is 17.8 Å². The minimum absolute atomic E-state index is 0.982. The third-order valence-electron chi connectivity index (χ3n) is 4.19. The van der Waals surface area contributed by atoms with E-state index < -0.39 is 0 Å². The van der Waals surface area contributed by atoms with E-state index in [0.29, 0.717) is 0 Å². The highest BCUT2D eigenvalue weighted by molar-refractivity contribution is 4.75. The molecule has 78 valence electrons. The van der Waals surface area contributed by atoms with E-state index in [1.807, 2.05) is 0 Å². The largest absolute Gasteiger partial charge is 0.0651 e. The van der Waals surface area contributed by atoms with Crippen molar-refractivity contribution >= 4 is 0 Å². The smallest absolute Gasteiger partial charge is 0.0386 e. The predicted molar refractivity (Wildman–Crippen MR) is 59.8 cm³/mol. The van der Waals surface area contributed by atoms with E-state index in [-0.39, 0.29) is 0 Å². The van der Waals surface area contributed by atoms with E-state index >= 15 is 0 Å². The van der Waals surface area contributed by atoms with E-state index in [4.69, 9.17) is 0 Å². The lowest BCUT2D eigenvalue weighted by Gasteiger charge is -2.32. The summed E-state index contributed by atoms with van der Waals surface area (Å²) < 4.78 is 0. The lowest BCUT2D eigenvalue weighted by atomic mass is 9.73. The Morgan fingerprint density at radius 1 is 1.00 bits per heavy atom. The Kier molecular flexibility index (Phi) is 4.83. The molecule has 0 nitrogen and oxygen atoms in total. The van der Waals surface area contributed by atoms with Crippen molar-refractivity contribution in [3.05, 3.63) is 0 Å². The zero-order valence-corrected chi connectivity index (χ0v) is 9.68. The average Bonchev–Trinajstić information content (AvgIpc) is 2.21. The van der Waals surface area contributed by atoms with Gasteiger partial charge in [0.25, 0.3) is 0 Å². The van der Waals surface area contributed by atoms with Gasteiger partial charge in [0.2, 0.25) is 0 Å². The second-order valence-electron chi connectivity index (χ2n) is 4.83. The molecule has 0 heterocycles. The molecule has 0 aromatic heterocycles. The normalized spacial score (nSPS) is 22.2. The van der Waals surface area contributed by atoms with Crippen molar-refractivity contribution in [1.29, 1.82) is 0 Å². The van der Waals surface area contributed by atoms with Crippen LogP contribution in [0.25, 0.3) is 0 Å². The van der Waals surface area contributed by atoms with Gasteiger partial charge < -0.3 is 0 Å². The van der Waals surface area contributed by atoms with Crippen LogP contribution in [0.2, 0.25) is 0 Å². The highest BCUT2D eigenvalue weighted by Crippen LogP contribution is 2.35. The summed E-state index contributed by atoms with van der Waals surface area (Å²) in [4.78, 5) is 0. The number of rotatable bonds is 4. The topological polar surface area (TPSA) is 0 Å². The molecule has 0 radical (unpaired) electrons. The van der Waals surface area contributed by atoms with Gasteiger partial charge in [0.15, 0.2) is 0 Å². The second kappa shape index (κ2) is 5.67. The van der Waals surface area contributed by atoms with Gasteiger partial charge in [-0.2, -0.15) is 0 Å². The summed E-state index contributed by atoms with van der Waals surface area (Å²) in [5.74, 6) is 3.03. The van der Waals surface area contributed by atoms with Gasteiger partial charge in [-0.05, 0) is 17.8 Å². The van der Waals surface area contributed by atoms with Gasteiger partial charge in [0.05, 0.1) is 0 Å². The molecule has 1 saturated carbocycles. The van der Waals surface area contributed by atoms with Crippen molar-refractivity contribution in [2.24, 2.45) is 17.8 Å². The van der Waals surface area contributed by atoms with Crippen LogP contribution in [0.1, 0.15) is 65.7 Å². The third kappa shape index (κ3) is 3.00.